The van der Waals surface area contributed by atoms with Crippen molar-refractivity contribution in [2.45, 2.75) is 70.9 Å². The number of rotatable bonds is 10. The topological polar surface area (TPSA) is 163 Å². The largest absolute Gasteiger partial charge is 0.462 e. The minimum absolute atomic E-state index is 0.184. The van der Waals surface area contributed by atoms with Crippen molar-refractivity contribution in [3.05, 3.63) is 62.8 Å². The number of nitrogens with one attached hydrogen (secondary N) is 2. The van der Waals surface area contributed by atoms with Crippen LogP contribution in [0.4, 0.5) is 8.78 Å². The number of aliphatic hydroxyl groups excluding tert-OH is 1. The van der Waals surface area contributed by atoms with Gasteiger partial charge in [-0.15, -0.1) is 0 Å². The molecule has 1 aliphatic heterocycles. The first-order chi connectivity index (χ1) is 19.5. The number of halogens is 2. The van der Waals surface area contributed by atoms with Crippen LogP contribution in [0.2, 0.25) is 0 Å². The summed E-state index contributed by atoms with van der Waals surface area (Å²) in [6.07, 6.45) is -4.61. The predicted molar refractivity (Wildman–Crippen MR) is 146 cm³/mol. The summed E-state index contributed by atoms with van der Waals surface area (Å²) < 4.78 is 69.2. The van der Waals surface area contributed by atoms with E-state index in [0.29, 0.717) is 5.52 Å². The SMILES string of the molecule is Cc1cc2c(F)c(O[P@@](=O)(N[C@@H](C)C(=O)OC(C)C)OC[C@H]3O[C@@H](n4ccc(=O)[nH]c4=O)[C@](C)(F)[C@@H]3O)ccc2n1C. The molecular weight excluding hydrogens is 581 g/mol. The van der Waals surface area contributed by atoms with Gasteiger partial charge in [0, 0.05) is 30.4 Å². The van der Waals surface area contributed by atoms with Crippen LogP contribution in [-0.2, 0) is 30.4 Å². The number of hydrogen-bond acceptors (Lipinski definition) is 9. The maximum atomic E-state index is 15.6. The molecule has 1 aliphatic rings. The van der Waals surface area contributed by atoms with Crippen LogP contribution in [0.5, 0.6) is 5.75 Å². The smallest absolute Gasteiger partial charge is 0.459 e. The summed E-state index contributed by atoms with van der Waals surface area (Å²) in [5.74, 6) is -2.11. The third-order valence-corrected chi connectivity index (χ3v) is 8.50. The number of fused-ring (bicyclic) bond motifs is 1. The van der Waals surface area contributed by atoms with Crippen LogP contribution < -0.4 is 20.9 Å². The van der Waals surface area contributed by atoms with Crippen molar-refractivity contribution in [1.29, 1.82) is 0 Å². The molecule has 0 unspecified atom stereocenters. The number of ether oxygens (including phenoxy) is 2. The van der Waals surface area contributed by atoms with Crippen molar-refractivity contribution in [1.82, 2.24) is 19.2 Å². The van der Waals surface area contributed by atoms with Gasteiger partial charge in [0.1, 0.15) is 18.2 Å². The molecule has 2 aromatic heterocycles. The Bertz CT molecular complexity index is 1650. The Kier molecular flexibility index (Phi) is 8.82. The summed E-state index contributed by atoms with van der Waals surface area (Å²) in [6, 6.07) is 4.07. The first kappa shape index (κ1) is 31.6. The molecule has 3 aromatic rings. The van der Waals surface area contributed by atoms with E-state index in [1.54, 1.807) is 44.5 Å². The van der Waals surface area contributed by atoms with Crippen molar-refractivity contribution in [3.8, 4) is 5.75 Å². The van der Waals surface area contributed by atoms with Crippen LogP contribution in [0.1, 0.15) is 39.6 Å². The van der Waals surface area contributed by atoms with E-state index < -0.39 is 79.4 Å². The van der Waals surface area contributed by atoms with Gasteiger partial charge in [-0.2, -0.15) is 5.09 Å². The zero-order valence-corrected chi connectivity index (χ0v) is 24.7. The fraction of sp³-hybridized carbons (Fsp3) is 0.500. The molecule has 230 valence electrons. The fourth-order valence-electron chi connectivity index (χ4n) is 4.54. The van der Waals surface area contributed by atoms with Gasteiger partial charge in [0.05, 0.1) is 18.2 Å². The third kappa shape index (κ3) is 6.20. The number of alkyl halides is 1. The van der Waals surface area contributed by atoms with E-state index >= 15 is 8.78 Å². The van der Waals surface area contributed by atoms with Gasteiger partial charge in [-0.1, -0.05) is 0 Å². The molecule has 1 fully saturated rings. The quantitative estimate of drug-likeness (QED) is 0.229. The monoisotopic (exact) mass is 614 g/mol. The number of aliphatic hydroxyl groups is 1. The summed E-state index contributed by atoms with van der Waals surface area (Å²) in [5.41, 5.74) is -2.98. The molecule has 3 N–H and O–H groups in total. The van der Waals surface area contributed by atoms with Crippen LogP contribution in [0, 0.1) is 12.7 Å². The number of aromatic amines is 1. The second-order valence-corrected chi connectivity index (χ2v) is 12.2. The van der Waals surface area contributed by atoms with E-state index in [4.69, 9.17) is 18.5 Å². The third-order valence-electron chi connectivity index (χ3n) is 6.87. The molecule has 16 heteroatoms. The molecule has 0 saturated carbocycles. The van der Waals surface area contributed by atoms with E-state index in [0.717, 1.165) is 29.4 Å². The Morgan fingerprint density at radius 2 is 1.98 bits per heavy atom. The highest BCUT2D eigenvalue weighted by atomic mass is 31.2. The van der Waals surface area contributed by atoms with Gasteiger partial charge in [-0.05, 0) is 52.8 Å². The molecule has 6 atom stereocenters. The Hall–Kier alpha value is -3.36. The molecule has 0 amide bonds. The predicted octanol–water partition coefficient (Wildman–Crippen LogP) is 2.60. The summed E-state index contributed by atoms with van der Waals surface area (Å²) in [7, 11) is -2.92. The van der Waals surface area contributed by atoms with E-state index in [-0.39, 0.29) is 5.39 Å². The second-order valence-electron chi connectivity index (χ2n) is 10.5. The van der Waals surface area contributed by atoms with Crippen molar-refractivity contribution < 1.29 is 41.8 Å². The summed E-state index contributed by atoms with van der Waals surface area (Å²) in [6.45, 7) is 6.52. The molecular formula is C26H33F2N4O9P. The van der Waals surface area contributed by atoms with Crippen LogP contribution >= 0.6 is 7.75 Å². The first-order valence-corrected chi connectivity index (χ1v) is 14.6. The summed E-state index contributed by atoms with van der Waals surface area (Å²) in [4.78, 5) is 38.1. The lowest BCUT2D eigenvalue weighted by Gasteiger charge is -2.25. The number of carbonyl (C=O) groups excluding carboxylic acids is 1. The van der Waals surface area contributed by atoms with E-state index in [9.17, 15) is 24.1 Å². The lowest BCUT2D eigenvalue weighted by atomic mass is 9.98. The van der Waals surface area contributed by atoms with Crippen LogP contribution in [0.25, 0.3) is 10.9 Å². The maximum Gasteiger partial charge on any atom is 0.459 e. The second kappa shape index (κ2) is 11.7. The van der Waals surface area contributed by atoms with Gasteiger partial charge >= 0.3 is 19.4 Å². The highest BCUT2D eigenvalue weighted by molar-refractivity contribution is 7.52. The number of nitrogens with zero attached hydrogens (tertiary/aromatic N) is 2. The molecule has 3 heterocycles. The van der Waals surface area contributed by atoms with E-state index in [1.807, 2.05) is 4.98 Å². The van der Waals surface area contributed by atoms with Gasteiger partial charge < -0.3 is 23.7 Å². The Morgan fingerprint density at radius 3 is 2.62 bits per heavy atom. The number of carbonyl (C=O) groups is 1. The summed E-state index contributed by atoms with van der Waals surface area (Å²) in [5, 5.41) is 13.3. The molecule has 0 aliphatic carbocycles. The Balaban J connectivity index is 1.62. The molecule has 0 radical (unpaired) electrons. The average molecular weight is 615 g/mol. The van der Waals surface area contributed by atoms with Gasteiger partial charge in [0.2, 0.25) is 0 Å². The highest BCUT2D eigenvalue weighted by Gasteiger charge is 2.56. The lowest BCUT2D eigenvalue weighted by Crippen LogP contribution is -2.43. The van der Waals surface area contributed by atoms with Gasteiger partial charge in [-0.3, -0.25) is 23.7 Å². The van der Waals surface area contributed by atoms with Gasteiger partial charge in [0.25, 0.3) is 5.56 Å². The normalized spacial score (nSPS) is 24.6. The average Bonchev–Trinajstić information content (AvgIpc) is 3.31. The maximum absolute atomic E-state index is 15.6. The number of H-pyrrole nitrogens is 1. The van der Waals surface area contributed by atoms with Crippen molar-refractivity contribution in [2.24, 2.45) is 7.05 Å². The van der Waals surface area contributed by atoms with Crippen LogP contribution in [0.3, 0.4) is 0 Å². The van der Waals surface area contributed by atoms with Crippen molar-refractivity contribution in [2.75, 3.05) is 6.61 Å². The minimum Gasteiger partial charge on any atom is -0.462 e. The molecule has 4 rings (SSSR count). The Labute approximate surface area is 238 Å². The van der Waals surface area contributed by atoms with E-state index in [1.165, 1.54) is 13.0 Å². The number of aryl methyl sites for hydroxylation is 2. The van der Waals surface area contributed by atoms with Crippen molar-refractivity contribution in [3.63, 3.8) is 0 Å². The number of hydrogen-bond donors (Lipinski definition) is 3. The lowest BCUT2D eigenvalue weighted by molar-refractivity contribution is -0.149. The Morgan fingerprint density at radius 1 is 1.29 bits per heavy atom. The van der Waals surface area contributed by atoms with Crippen LogP contribution in [-0.4, -0.2) is 61.8 Å². The molecule has 1 aromatic carbocycles. The molecule has 42 heavy (non-hydrogen) atoms. The van der Waals surface area contributed by atoms with Crippen LogP contribution in [0.15, 0.2) is 40.1 Å². The van der Waals surface area contributed by atoms with Crippen molar-refractivity contribution >= 4 is 24.6 Å². The molecule has 0 bridgehead atoms. The molecule has 13 nitrogen and oxygen atoms in total. The highest BCUT2D eigenvalue weighted by Crippen LogP contribution is 2.48. The van der Waals surface area contributed by atoms with E-state index in [2.05, 4.69) is 5.09 Å². The fourth-order valence-corrected chi connectivity index (χ4v) is 6.04. The van der Waals surface area contributed by atoms with Gasteiger partial charge in [-0.25, -0.2) is 18.1 Å². The minimum atomic E-state index is -4.66. The molecule has 0 spiro atoms. The number of esters is 1. The van der Waals surface area contributed by atoms with Gasteiger partial charge in [0.15, 0.2) is 23.5 Å². The standard InChI is InChI=1S/C26H33F2N4O9P/c1-13(2)39-23(35)15(4)30-42(37,41-18-8-7-17-16(21(18)27)11-14(3)31(17)6)38-12-19-22(34)26(5,28)24(40-19)32-10-9-20(33)29-25(32)36/h7-11,13,15,19,22,24,34H,12H2,1-6H3,(H,30,37)(H,29,33,36)/t15-,19+,22+,24+,26+,42+/m0/s1. The molecule has 1 saturated heterocycles. The zero-order valence-electron chi connectivity index (χ0n) is 23.8. The zero-order chi connectivity index (χ0) is 31.1. The number of aromatic nitrogens is 3. The first-order valence-electron chi connectivity index (χ1n) is 13.0. The number of benzene rings is 1. The summed E-state index contributed by atoms with van der Waals surface area (Å²) >= 11 is 0.